The predicted molar refractivity (Wildman–Crippen MR) is 141 cm³/mol. The van der Waals surface area contributed by atoms with E-state index in [1.807, 2.05) is 6.07 Å². The third-order valence-electron chi connectivity index (χ3n) is 5.47. The van der Waals surface area contributed by atoms with Crippen molar-refractivity contribution in [2.75, 3.05) is 0 Å². The summed E-state index contributed by atoms with van der Waals surface area (Å²) in [6.07, 6.45) is 0. The van der Waals surface area contributed by atoms with Crippen molar-refractivity contribution in [2.45, 2.75) is 19.6 Å². The molecular weight excluding hydrogens is 529 g/mol. The number of hydrogen-bond acceptors (Lipinski definition) is 9. The van der Waals surface area contributed by atoms with Crippen LogP contribution in [0.4, 0.5) is 11.4 Å². The summed E-state index contributed by atoms with van der Waals surface area (Å²) >= 11 is 0. The Balaban J connectivity index is 1.66. The SMILES string of the molecule is C[C@H](NP(=O)(Oc1ccc([N+](=O)[O-])cc1[N+](=O)[O-])Oc1cccc2ccccc12)C(=O)OCc1ccccc1. The number of esters is 1. The van der Waals surface area contributed by atoms with Gasteiger partial charge in [-0.3, -0.25) is 25.0 Å². The highest BCUT2D eigenvalue weighted by molar-refractivity contribution is 7.52. The molecule has 0 spiro atoms. The lowest BCUT2D eigenvalue weighted by molar-refractivity contribution is -0.394. The fraction of sp³-hybridized carbons (Fsp3) is 0.115. The van der Waals surface area contributed by atoms with Crippen LogP contribution >= 0.6 is 7.75 Å². The second kappa shape index (κ2) is 11.7. The number of carbonyl (C=O) groups is 1. The lowest BCUT2D eigenvalue weighted by Gasteiger charge is -2.23. The van der Waals surface area contributed by atoms with Gasteiger partial charge < -0.3 is 13.8 Å². The van der Waals surface area contributed by atoms with Crippen molar-refractivity contribution in [1.29, 1.82) is 0 Å². The van der Waals surface area contributed by atoms with E-state index in [0.717, 1.165) is 23.1 Å². The number of nitrogens with zero attached hydrogens (tertiary/aromatic N) is 2. The number of ether oxygens (including phenoxy) is 1. The molecule has 0 radical (unpaired) electrons. The van der Waals surface area contributed by atoms with E-state index < -0.39 is 46.7 Å². The molecular formula is C26H22N3O9P. The zero-order valence-corrected chi connectivity index (χ0v) is 21.4. The molecule has 0 amide bonds. The van der Waals surface area contributed by atoms with Gasteiger partial charge in [-0.1, -0.05) is 66.7 Å². The number of benzene rings is 4. The van der Waals surface area contributed by atoms with Gasteiger partial charge in [0.2, 0.25) is 5.75 Å². The van der Waals surface area contributed by atoms with Crippen molar-refractivity contribution < 1.29 is 33.0 Å². The maximum absolute atomic E-state index is 14.1. The number of non-ortho nitro benzene ring substituents is 1. The second-order valence-corrected chi connectivity index (χ2v) is 9.89. The average molecular weight is 551 g/mol. The molecule has 0 bridgehead atoms. The normalized spacial score (nSPS) is 13.2. The first-order chi connectivity index (χ1) is 18.6. The minimum Gasteiger partial charge on any atom is -0.460 e. The minimum atomic E-state index is -4.60. The highest BCUT2D eigenvalue weighted by atomic mass is 31.2. The number of carbonyl (C=O) groups excluding carboxylic acids is 1. The van der Waals surface area contributed by atoms with E-state index in [1.165, 1.54) is 13.0 Å². The molecule has 0 aliphatic rings. The van der Waals surface area contributed by atoms with Crippen molar-refractivity contribution >= 4 is 35.9 Å². The molecule has 12 nitrogen and oxygen atoms in total. The highest BCUT2D eigenvalue weighted by Gasteiger charge is 2.37. The van der Waals surface area contributed by atoms with Gasteiger partial charge in [-0.25, -0.2) is 4.57 Å². The monoisotopic (exact) mass is 551 g/mol. The summed E-state index contributed by atoms with van der Waals surface area (Å²) in [7, 11) is -4.60. The van der Waals surface area contributed by atoms with Gasteiger partial charge in [0.05, 0.1) is 15.9 Å². The van der Waals surface area contributed by atoms with Crippen LogP contribution in [0.25, 0.3) is 10.8 Å². The van der Waals surface area contributed by atoms with Crippen molar-refractivity contribution in [3.8, 4) is 11.5 Å². The number of nitrogens with one attached hydrogen (secondary N) is 1. The molecule has 4 aromatic carbocycles. The maximum atomic E-state index is 14.1. The Kier molecular flexibility index (Phi) is 8.18. The van der Waals surface area contributed by atoms with Crippen LogP contribution in [-0.2, 0) is 20.7 Å². The van der Waals surface area contributed by atoms with Gasteiger partial charge in [-0.15, -0.1) is 0 Å². The number of fused-ring (bicyclic) bond motifs is 1. The van der Waals surface area contributed by atoms with Crippen molar-refractivity contribution in [3.63, 3.8) is 0 Å². The van der Waals surface area contributed by atoms with E-state index in [4.69, 9.17) is 13.8 Å². The Bertz CT molecular complexity index is 1570. The Morgan fingerprint density at radius 3 is 2.26 bits per heavy atom. The molecule has 2 atom stereocenters. The van der Waals surface area contributed by atoms with Gasteiger partial charge in [0, 0.05) is 11.5 Å². The Morgan fingerprint density at radius 1 is 0.872 bits per heavy atom. The van der Waals surface area contributed by atoms with Gasteiger partial charge in [0.25, 0.3) is 5.69 Å². The van der Waals surface area contributed by atoms with Gasteiger partial charge in [-0.2, -0.15) is 5.09 Å². The number of nitro groups is 2. The van der Waals surface area contributed by atoms with E-state index in [2.05, 4.69) is 5.09 Å². The molecule has 0 heterocycles. The zero-order chi connectivity index (χ0) is 28.0. The van der Waals surface area contributed by atoms with E-state index in [0.29, 0.717) is 11.5 Å². The van der Waals surface area contributed by atoms with Crippen LogP contribution in [0.1, 0.15) is 12.5 Å². The first-order valence-corrected chi connectivity index (χ1v) is 13.1. The minimum absolute atomic E-state index is 0.0468. The molecule has 1 N–H and O–H groups in total. The standard InChI is InChI=1S/C26H22N3O9P/c1-18(26(30)36-17-19-8-3-2-4-9-19)27-39(35,37-24-13-7-11-20-10-5-6-12-22(20)24)38-25-15-14-21(28(31)32)16-23(25)29(33)34/h2-16,18H,17H2,1H3,(H,27,35)/t18-,39?/m0/s1. The van der Waals surface area contributed by atoms with Gasteiger partial charge >= 0.3 is 19.4 Å². The summed E-state index contributed by atoms with van der Waals surface area (Å²) in [5.41, 5.74) is -0.650. The van der Waals surface area contributed by atoms with Crippen LogP contribution in [0.15, 0.2) is 91.0 Å². The summed E-state index contributed by atoms with van der Waals surface area (Å²) < 4.78 is 30.6. The van der Waals surface area contributed by atoms with Crippen molar-refractivity contribution in [3.05, 3.63) is 117 Å². The summed E-state index contributed by atoms with van der Waals surface area (Å²) in [5.74, 6) is -1.24. The fourth-order valence-corrected chi connectivity index (χ4v) is 5.14. The second-order valence-electron chi connectivity index (χ2n) is 8.27. The molecule has 39 heavy (non-hydrogen) atoms. The molecule has 0 saturated heterocycles. The van der Waals surface area contributed by atoms with Crippen LogP contribution < -0.4 is 14.1 Å². The molecule has 4 aromatic rings. The third-order valence-corrected chi connectivity index (χ3v) is 7.04. The fourth-order valence-electron chi connectivity index (χ4n) is 3.59. The smallest absolute Gasteiger partial charge is 0.460 e. The van der Waals surface area contributed by atoms with Crippen molar-refractivity contribution in [2.24, 2.45) is 0 Å². The molecule has 0 aliphatic heterocycles. The van der Waals surface area contributed by atoms with Crippen LogP contribution in [0.2, 0.25) is 0 Å². The van der Waals surface area contributed by atoms with Gasteiger partial charge in [0.1, 0.15) is 18.4 Å². The molecule has 0 aliphatic carbocycles. The lowest BCUT2D eigenvalue weighted by Crippen LogP contribution is -2.35. The van der Waals surface area contributed by atoms with Crippen LogP contribution in [-0.4, -0.2) is 21.9 Å². The first-order valence-electron chi connectivity index (χ1n) is 11.5. The topological polar surface area (TPSA) is 160 Å². The van der Waals surface area contributed by atoms with Crippen molar-refractivity contribution in [1.82, 2.24) is 5.09 Å². The molecule has 13 heteroatoms. The predicted octanol–water partition coefficient (Wildman–Crippen LogP) is 5.94. The van der Waals surface area contributed by atoms with Crippen LogP contribution in [0, 0.1) is 20.2 Å². The molecule has 0 aromatic heterocycles. The van der Waals surface area contributed by atoms with Crippen LogP contribution in [0.5, 0.6) is 11.5 Å². The van der Waals surface area contributed by atoms with E-state index in [9.17, 15) is 29.6 Å². The summed E-state index contributed by atoms with van der Waals surface area (Å²) in [6, 6.07) is 22.2. The summed E-state index contributed by atoms with van der Waals surface area (Å²) in [5, 5.41) is 26.5. The Morgan fingerprint density at radius 2 is 1.54 bits per heavy atom. The molecule has 0 fully saturated rings. The number of rotatable bonds is 11. The van der Waals surface area contributed by atoms with Gasteiger partial charge in [-0.05, 0) is 30.0 Å². The van der Waals surface area contributed by atoms with E-state index >= 15 is 0 Å². The third kappa shape index (κ3) is 6.75. The van der Waals surface area contributed by atoms with Crippen LogP contribution in [0.3, 0.4) is 0 Å². The maximum Gasteiger partial charge on any atom is 0.513 e. The summed E-state index contributed by atoms with van der Waals surface area (Å²) in [6.45, 7) is 1.31. The zero-order valence-electron chi connectivity index (χ0n) is 20.5. The van der Waals surface area contributed by atoms with E-state index in [-0.39, 0.29) is 12.4 Å². The molecule has 0 saturated carbocycles. The van der Waals surface area contributed by atoms with Gasteiger partial charge in [0.15, 0.2) is 0 Å². The first kappa shape index (κ1) is 27.2. The number of nitro benzene ring substituents is 2. The molecule has 200 valence electrons. The Labute approximate surface area is 222 Å². The lowest BCUT2D eigenvalue weighted by atomic mass is 10.1. The largest absolute Gasteiger partial charge is 0.513 e. The molecule has 4 rings (SSSR count). The van der Waals surface area contributed by atoms with E-state index in [1.54, 1.807) is 60.7 Å². The quantitative estimate of drug-likeness (QED) is 0.102. The number of hydrogen-bond donors (Lipinski definition) is 1. The highest BCUT2D eigenvalue weighted by Crippen LogP contribution is 2.49. The summed E-state index contributed by atoms with van der Waals surface area (Å²) in [4.78, 5) is 33.7. The molecule has 1 unspecified atom stereocenters. The Hall–Kier alpha value is -4.80. The average Bonchev–Trinajstić information content (AvgIpc) is 2.92.